The molecule has 0 amide bonds. The number of fused-ring (bicyclic) bond motifs is 2. The largest absolute Gasteiger partial charge is 0.0905 e. The minimum absolute atomic E-state index is 0.991. The van der Waals surface area contributed by atoms with Crippen LogP contribution in [0.15, 0.2) is 49.6 Å². The molecule has 0 saturated heterocycles. The van der Waals surface area contributed by atoms with Crippen LogP contribution in [0, 0.1) is 0 Å². The monoisotopic (exact) mass is 242 g/mol. The van der Waals surface area contributed by atoms with E-state index >= 15 is 0 Å². The molecule has 0 unspecified atom stereocenters. The molecular formula is C19H14. The summed E-state index contributed by atoms with van der Waals surface area (Å²) in [6, 6.07) is 8.70. The van der Waals surface area contributed by atoms with E-state index < -0.39 is 0 Å². The standard InChI is InChI=1S/C19H14/c1-12-13(2)18-17-9-5-3-4-7-14(17)11-15-8-6-10-16(12)19(15)18/h4-11H,1-3H2. The maximum absolute atomic E-state index is 4.26. The minimum atomic E-state index is 0.991. The van der Waals surface area contributed by atoms with Gasteiger partial charge in [0, 0.05) is 0 Å². The van der Waals surface area contributed by atoms with E-state index in [9.17, 15) is 0 Å². The van der Waals surface area contributed by atoms with E-state index in [2.05, 4.69) is 61.7 Å². The third-order valence-electron chi connectivity index (χ3n) is 4.08. The fourth-order valence-corrected chi connectivity index (χ4v) is 3.15. The van der Waals surface area contributed by atoms with Crippen molar-refractivity contribution in [3.05, 3.63) is 71.8 Å². The van der Waals surface area contributed by atoms with Crippen LogP contribution in [0.25, 0.3) is 34.1 Å². The zero-order valence-electron chi connectivity index (χ0n) is 10.7. The summed E-state index contributed by atoms with van der Waals surface area (Å²) in [5.74, 6) is 0. The fourth-order valence-electron chi connectivity index (χ4n) is 3.15. The highest BCUT2D eigenvalue weighted by molar-refractivity contribution is 6.23. The van der Waals surface area contributed by atoms with Gasteiger partial charge >= 0.3 is 0 Å². The molecule has 0 nitrogen and oxygen atoms in total. The van der Waals surface area contributed by atoms with Gasteiger partial charge in [-0.3, -0.25) is 0 Å². The Kier molecular flexibility index (Phi) is 1.99. The Bertz CT molecular complexity index is 814. The smallest absolute Gasteiger partial charge is 0.00204 e. The fraction of sp³-hybridized carbons (Fsp3) is 0.0526. The molecule has 0 fully saturated rings. The highest BCUT2D eigenvalue weighted by atomic mass is 14.3. The Hall–Kier alpha value is -2.34. The molecule has 2 aliphatic rings. The van der Waals surface area contributed by atoms with Gasteiger partial charge in [0.1, 0.15) is 0 Å². The quantitative estimate of drug-likeness (QED) is 0.587. The lowest BCUT2D eigenvalue weighted by Gasteiger charge is -2.10. The van der Waals surface area contributed by atoms with Gasteiger partial charge < -0.3 is 0 Å². The molecule has 0 N–H and O–H groups in total. The van der Waals surface area contributed by atoms with Gasteiger partial charge in [0.05, 0.1) is 0 Å². The summed E-state index contributed by atoms with van der Waals surface area (Å²) in [5.41, 5.74) is 7.22. The van der Waals surface area contributed by atoms with Gasteiger partial charge in [-0.15, -0.1) is 0 Å². The lowest BCUT2D eigenvalue weighted by molar-refractivity contribution is 1.44. The van der Waals surface area contributed by atoms with Crippen LogP contribution in [0.1, 0.15) is 28.7 Å². The van der Waals surface area contributed by atoms with Crippen molar-refractivity contribution in [2.45, 2.75) is 6.42 Å². The summed E-state index contributed by atoms with van der Waals surface area (Å²) in [4.78, 5) is 0. The number of benzene rings is 2. The molecule has 0 aromatic heterocycles. The second-order valence-corrected chi connectivity index (χ2v) is 5.16. The molecule has 2 aliphatic carbocycles. The second kappa shape index (κ2) is 3.58. The second-order valence-electron chi connectivity index (χ2n) is 5.16. The molecule has 0 aliphatic heterocycles. The number of hydrogen-bond acceptors (Lipinski definition) is 0. The van der Waals surface area contributed by atoms with Crippen molar-refractivity contribution in [1.29, 1.82) is 0 Å². The van der Waals surface area contributed by atoms with Gasteiger partial charge in [0.25, 0.3) is 0 Å². The van der Waals surface area contributed by atoms with E-state index in [1.807, 2.05) is 0 Å². The van der Waals surface area contributed by atoms with Gasteiger partial charge in [0.2, 0.25) is 0 Å². The van der Waals surface area contributed by atoms with Crippen LogP contribution in [0.4, 0.5) is 0 Å². The van der Waals surface area contributed by atoms with Gasteiger partial charge in [0.15, 0.2) is 0 Å². The van der Waals surface area contributed by atoms with E-state index in [1.165, 1.54) is 33.0 Å². The summed E-state index contributed by atoms with van der Waals surface area (Å²) >= 11 is 0. The van der Waals surface area contributed by atoms with Crippen LogP contribution >= 0.6 is 0 Å². The SMILES string of the molecule is C=C1C(=C)c2c3c(cc4cccc1c24)C=CCC=C3. The summed E-state index contributed by atoms with van der Waals surface area (Å²) in [7, 11) is 0. The predicted octanol–water partition coefficient (Wildman–Crippen LogP) is 5.31. The van der Waals surface area contributed by atoms with Crippen LogP contribution in [-0.4, -0.2) is 0 Å². The lowest BCUT2D eigenvalue weighted by atomic mass is 9.93. The third kappa shape index (κ3) is 1.29. The molecule has 0 heteroatoms. The maximum atomic E-state index is 4.26. The van der Waals surface area contributed by atoms with Crippen molar-refractivity contribution in [1.82, 2.24) is 0 Å². The molecule has 2 aromatic rings. The van der Waals surface area contributed by atoms with E-state index in [-0.39, 0.29) is 0 Å². The van der Waals surface area contributed by atoms with Gasteiger partial charge in [-0.1, -0.05) is 55.7 Å². The molecule has 0 bridgehead atoms. The molecule has 0 radical (unpaired) electrons. The van der Waals surface area contributed by atoms with Crippen LogP contribution in [0.2, 0.25) is 0 Å². The van der Waals surface area contributed by atoms with Crippen molar-refractivity contribution >= 4 is 34.1 Å². The molecule has 4 rings (SSSR count). The number of rotatable bonds is 0. The average molecular weight is 242 g/mol. The third-order valence-corrected chi connectivity index (χ3v) is 4.08. The number of allylic oxidation sites excluding steroid dienone is 4. The molecule has 19 heavy (non-hydrogen) atoms. The van der Waals surface area contributed by atoms with Gasteiger partial charge in [-0.2, -0.15) is 0 Å². The van der Waals surface area contributed by atoms with E-state index in [4.69, 9.17) is 0 Å². The first-order valence-electron chi connectivity index (χ1n) is 6.59. The first kappa shape index (κ1) is 10.6. The van der Waals surface area contributed by atoms with Crippen molar-refractivity contribution in [2.24, 2.45) is 0 Å². The van der Waals surface area contributed by atoms with E-state index in [0.717, 1.165) is 17.6 Å². The molecule has 0 atom stereocenters. The predicted molar refractivity (Wildman–Crippen MR) is 84.7 cm³/mol. The topological polar surface area (TPSA) is 0 Å². The van der Waals surface area contributed by atoms with Crippen LogP contribution in [0.3, 0.4) is 0 Å². The Morgan fingerprint density at radius 3 is 2.68 bits per heavy atom. The Balaban J connectivity index is 2.26. The Morgan fingerprint density at radius 1 is 0.947 bits per heavy atom. The van der Waals surface area contributed by atoms with Crippen molar-refractivity contribution in [3.63, 3.8) is 0 Å². The van der Waals surface area contributed by atoms with Crippen molar-refractivity contribution in [3.8, 4) is 0 Å². The zero-order chi connectivity index (χ0) is 13.0. The molecule has 0 saturated carbocycles. The van der Waals surface area contributed by atoms with Crippen LogP contribution in [-0.2, 0) is 0 Å². The normalized spacial score (nSPS) is 16.0. The highest BCUT2D eigenvalue weighted by Crippen LogP contribution is 2.47. The minimum Gasteiger partial charge on any atom is -0.0905 e. The summed E-state index contributed by atoms with van der Waals surface area (Å²) in [6.45, 7) is 8.46. The van der Waals surface area contributed by atoms with E-state index in [1.54, 1.807) is 0 Å². The molecule has 0 heterocycles. The highest BCUT2D eigenvalue weighted by Gasteiger charge is 2.24. The summed E-state index contributed by atoms with van der Waals surface area (Å²) in [5, 5.41) is 2.60. The van der Waals surface area contributed by atoms with Crippen molar-refractivity contribution in [2.75, 3.05) is 0 Å². The van der Waals surface area contributed by atoms with E-state index in [0.29, 0.717) is 0 Å². The van der Waals surface area contributed by atoms with Gasteiger partial charge in [-0.25, -0.2) is 0 Å². The van der Waals surface area contributed by atoms with Crippen LogP contribution in [0.5, 0.6) is 0 Å². The summed E-state index contributed by atoms with van der Waals surface area (Å²) in [6.07, 6.45) is 9.85. The summed E-state index contributed by atoms with van der Waals surface area (Å²) < 4.78 is 0. The molecule has 2 aromatic carbocycles. The zero-order valence-corrected chi connectivity index (χ0v) is 10.7. The molecule has 90 valence electrons. The maximum Gasteiger partial charge on any atom is -0.00204 e. The van der Waals surface area contributed by atoms with Crippen molar-refractivity contribution < 1.29 is 0 Å². The Labute approximate surface area is 113 Å². The lowest BCUT2D eigenvalue weighted by Crippen LogP contribution is -1.89. The van der Waals surface area contributed by atoms with Crippen LogP contribution < -0.4 is 0 Å². The first-order valence-corrected chi connectivity index (χ1v) is 6.59. The van der Waals surface area contributed by atoms with Gasteiger partial charge in [-0.05, 0) is 56.7 Å². The first-order chi connectivity index (χ1) is 9.27. The Morgan fingerprint density at radius 2 is 1.79 bits per heavy atom. The molecule has 0 spiro atoms. The molecular weight excluding hydrogens is 228 g/mol. The average Bonchev–Trinajstić information content (AvgIpc) is 2.60. The number of hydrogen-bond donors (Lipinski definition) is 0.